The van der Waals surface area contributed by atoms with E-state index in [4.69, 9.17) is 5.26 Å². The molecule has 1 aromatic carbocycles. The molecule has 0 radical (unpaired) electrons. The number of aromatic nitrogens is 1. The minimum atomic E-state index is -4.92. The molecule has 2 aromatic heterocycles. The van der Waals surface area contributed by atoms with Gasteiger partial charge in [-0.3, -0.25) is 9.79 Å². The third-order valence-electron chi connectivity index (χ3n) is 3.82. The molecule has 0 saturated carbocycles. The van der Waals surface area contributed by atoms with E-state index in [1.165, 1.54) is 6.07 Å². The Hall–Kier alpha value is -3.18. The minimum absolute atomic E-state index is 0.0587. The SMILES string of the molecule is CC(=Nc1c(-c2cccs2)[nH]c(=O)c(C#N)c1C(F)(F)F)c1ccccc1. The molecule has 4 nitrogen and oxygen atoms in total. The van der Waals surface area contributed by atoms with Crippen LogP contribution < -0.4 is 5.56 Å². The third kappa shape index (κ3) is 3.68. The van der Waals surface area contributed by atoms with Crippen LogP contribution in [0.25, 0.3) is 10.6 Å². The highest BCUT2D eigenvalue weighted by atomic mass is 32.1. The van der Waals surface area contributed by atoms with Crippen molar-refractivity contribution in [2.45, 2.75) is 13.1 Å². The van der Waals surface area contributed by atoms with Gasteiger partial charge < -0.3 is 4.98 Å². The quantitative estimate of drug-likeness (QED) is 0.633. The highest BCUT2D eigenvalue weighted by Gasteiger charge is 2.40. The molecular formula is C19H12F3N3OS. The molecule has 8 heteroatoms. The summed E-state index contributed by atoms with van der Waals surface area (Å²) in [7, 11) is 0. The Morgan fingerprint density at radius 1 is 1.19 bits per heavy atom. The lowest BCUT2D eigenvalue weighted by Gasteiger charge is -2.15. The lowest BCUT2D eigenvalue weighted by molar-refractivity contribution is -0.137. The number of alkyl halides is 3. The molecule has 0 spiro atoms. The van der Waals surface area contributed by atoms with Crippen molar-refractivity contribution in [2.75, 3.05) is 0 Å². The van der Waals surface area contributed by atoms with Crippen molar-refractivity contribution < 1.29 is 13.2 Å². The van der Waals surface area contributed by atoms with E-state index in [-0.39, 0.29) is 5.69 Å². The summed E-state index contributed by atoms with van der Waals surface area (Å²) in [5, 5.41) is 10.8. The van der Waals surface area contributed by atoms with Crippen LogP contribution in [-0.2, 0) is 6.18 Å². The van der Waals surface area contributed by atoms with Gasteiger partial charge in [0.2, 0.25) is 0 Å². The van der Waals surface area contributed by atoms with Crippen molar-refractivity contribution in [1.82, 2.24) is 4.98 Å². The van der Waals surface area contributed by atoms with Crippen molar-refractivity contribution in [2.24, 2.45) is 4.99 Å². The fourth-order valence-corrected chi connectivity index (χ4v) is 3.32. The van der Waals surface area contributed by atoms with Gasteiger partial charge in [0.1, 0.15) is 22.9 Å². The summed E-state index contributed by atoms with van der Waals surface area (Å²) in [6.45, 7) is 1.57. The van der Waals surface area contributed by atoms with Gasteiger partial charge in [-0.2, -0.15) is 18.4 Å². The van der Waals surface area contributed by atoms with E-state index in [0.717, 1.165) is 11.3 Å². The van der Waals surface area contributed by atoms with Crippen LogP contribution >= 0.6 is 11.3 Å². The van der Waals surface area contributed by atoms with E-state index in [1.54, 1.807) is 54.8 Å². The van der Waals surface area contributed by atoms with Crippen molar-refractivity contribution in [3.63, 3.8) is 0 Å². The number of rotatable bonds is 3. The summed E-state index contributed by atoms with van der Waals surface area (Å²) in [5.74, 6) is 0. The molecule has 136 valence electrons. The Labute approximate surface area is 156 Å². The standard InChI is InChI=1S/C19H12F3N3OS/c1-11(12-6-3-2-4-7-12)24-17-15(19(20,21)22)13(10-23)18(26)25-16(17)14-8-5-9-27-14/h2-9H,1H3,(H,25,26). The second kappa shape index (κ2) is 7.21. The molecule has 1 N–H and O–H groups in total. The number of nitrogens with zero attached hydrogens (tertiary/aromatic N) is 2. The molecule has 0 amide bonds. The number of benzene rings is 1. The smallest absolute Gasteiger partial charge is 0.318 e. The van der Waals surface area contributed by atoms with Gasteiger partial charge in [-0.1, -0.05) is 36.4 Å². The molecule has 27 heavy (non-hydrogen) atoms. The van der Waals surface area contributed by atoms with E-state index in [9.17, 15) is 18.0 Å². The summed E-state index contributed by atoms with van der Waals surface area (Å²) in [6.07, 6.45) is -4.92. The Bertz CT molecular complexity index is 1090. The Morgan fingerprint density at radius 3 is 2.44 bits per heavy atom. The van der Waals surface area contributed by atoms with Crippen molar-refractivity contribution in [3.8, 4) is 16.6 Å². The van der Waals surface area contributed by atoms with Crippen LogP contribution in [0.4, 0.5) is 18.9 Å². The lowest BCUT2D eigenvalue weighted by atomic mass is 10.0. The minimum Gasteiger partial charge on any atom is -0.318 e. The molecule has 0 aliphatic rings. The van der Waals surface area contributed by atoms with Crippen LogP contribution in [0.3, 0.4) is 0 Å². The molecule has 0 aliphatic heterocycles. The summed E-state index contributed by atoms with van der Waals surface area (Å²) < 4.78 is 41.3. The third-order valence-corrected chi connectivity index (χ3v) is 4.71. The first-order chi connectivity index (χ1) is 12.8. The lowest BCUT2D eigenvalue weighted by Crippen LogP contribution is -2.20. The normalized spacial score (nSPS) is 12.0. The van der Waals surface area contributed by atoms with Crippen LogP contribution in [-0.4, -0.2) is 10.7 Å². The molecular weight excluding hydrogens is 375 g/mol. The molecule has 0 unspecified atom stereocenters. The van der Waals surface area contributed by atoms with Crippen molar-refractivity contribution in [1.29, 1.82) is 5.26 Å². The van der Waals surface area contributed by atoms with Crippen LogP contribution in [0.1, 0.15) is 23.6 Å². The van der Waals surface area contributed by atoms with Gasteiger partial charge in [-0.05, 0) is 23.9 Å². The van der Waals surface area contributed by atoms with E-state index < -0.39 is 28.5 Å². The first-order valence-electron chi connectivity index (χ1n) is 7.75. The van der Waals surface area contributed by atoms with E-state index in [1.807, 2.05) is 0 Å². The van der Waals surface area contributed by atoms with Crippen LogP contribution in [0.5, 0.6) is 0 Å². The first kappa shape index (κ1) is 18.6. The second-order valence-corrected chi connectivity index (χ2v) is 6.53. The number of H-pyrrole nitrogens is 1. The summed E-state index contributed by atoms with van der Waals surface area (Å²) in [5.41, 5.74) is -2.99. The van der Waals surface area contributed by atoms with Gasteiger partial charge >= 0.3 is 6.18 Å². The number of halogens is 3. The number of hydrogen-bond donors (Lipinski definition) is 1. The van der Waals surface area contributed by atoms with Gasteiger partial charge in [0, 0.05) is 5.71 Å². The van der Waals surface area contributed by atoms with E-state index in [2.05, 4.69) is 9.98 Å². The predicted octanol–water partition coefficient (Wildman–Crippen LogP) is 5.13. The fourth-order valence-electron chi connectivity index (χ4n) is 2.60. The van der Waals surface area contributed by atoms with Crippen LogP contribution in [0, 0.1) is 11.3 Å². The zero-order valence-electron chi connectivity index (χ0n) is 14.0. The average molecular weight is 387 g/mol. The fraction of sp³-hybridized carbons (Fsp3) is 0.105. The predicted molar refractivity (Wildman–Crippen MR) is 98.4 cm³/mol. The monoisotopic (exact) mass is 387 g/mol. The largest absolute Gasteiger partial charge is 0.420 e. The van der Waals surface area contributed by atoms with Gasteiger partial charge in [0.15, 0.2) is 0 Å². The number of thiophene rings is 1. The number of aromatic amines is 1. The van der Waals surface area contributed by atoms with Gasteiger partial charge in [-0.15, -0.1) is 11.3 Å². The highest BCUT2D eigenvalue weighted by Crippen LogP contribution is 2.43. The Kier molecular flexibility index (Phi) is 4.97. The zero-order valence-corrected chi connectivity index (χ0v) is 14.8. The number of nitriles is 1. The summed E-state index contributed by atoms with van der Waals surface area (Å²) in [4.78, 5) is 19.1. The average Bonchev–Trinajstić information content (AvgIpc) is 3.16. The van der Waals surface area contributed by atoms with Gasteiger partial charge in [0.25, 0.3) is 5.56 Å². The van der Waals surface area contributed by atoms with Gasteiger partial charge in [0.05, 0.1) is 10.6 Å². The number of nitrogens with one attached hydrogen (secondary N) is 1. The first-order valence-corrected chi connectivity index (χ1v) is 8.63. The van der Waals surface area contributed by atoms with E-state index >= 15 is 0 Å². The molecule has 0 atom stereocenters. The van der Waals surface area contributed by atoms with Gasteiger partial charge in [-0.25, -0.2) is 0 Å². The molecule has 3 rings (SSSR count). The summed E-state index contributed by atoms with van der Waals surface area (Å²) in [6, 6.07) is 13.3. The zero-order chi connectivity index (χ0) is 19.6. The molecule has 3 aromatic rings. The number of hydrogen-bond acceptors (Lipinski definition) is 4. The molecule has 0 bridgehead atoms. The highest BCUT2D eigenvalue weighted by molar-refractivity contribution is 7.13. The molecule has 2 heterocycles. The molecule has 0 fully saturated rings. The Balaban J connectivity index is 2.39. The number of pyridine rings is 1. The second-order valence-electron chi connectivity index (χ2n) is 5.58. The Morgan fingerprint density at radius 2 is 1.89 bits per heavy atom. The van der Waals surface area contributed by atoms with Crippen molar-refractivity contribution in [3.05, 3.63) is 74.9 Å². The summed E-state index contributed by atoms with van der Waals surface area (Å²) >= 11 is 1.16. The van der Waals surface area contributed by atoms with E-state index in [0.29, 0.717) is 16.2 Å². The van der Waals surface area contributed by atoms with Crippen molar-refractivity contribution >= 4 is 22.7 Å². The maximum atomic E-state index is 13.8. The number of aliphatic imine (C=N–C) groups is 1. The molecule has 0 saturated heterocycles. The molecule has 0 aliphatic carbocycles. The maximum Gasteiger partial charge on any atom is 0.420 e. The van der Waals surface area contributed by atoms with Crippen LogP contribution in [0.2, 0.25) is 0 Å². The topological polar surface area (TPSA) is 69.0 Å². The van der Waals surface area contributed by atoms with Crippen LogP contribution in [0.15, 0.2) is 57.6 Å². The maximum absolute atomic E-state index is 13.8.